The first-order chi connectivity index (χ1) is 8.59. The zero-order valence-corrected chi connectivity index (χ0v) is 11.6. The molecule has 4 heteroatoms. The molecule has 1 unspecified atom stereocenters. The third-order valence-corrected chi connectivity index (χ3v) is 4.16. The summed E-state index contributed by atoms with van der Waals surface area (Å²) in [5, 5.41) is 14.7. The minimum atomic E-state index is -0.201. The maximum Gasteiger partial charge on any atom is 0.0628 e. The van der Waals surface area contributed by atoms with Crippen LogP contribution >= 0.6 is 0 Å². The van der Waals surface area contributed by atoms with Gasteiger partial charge in [-0.15, -0.1) is 0 Å². The van der Waals surface area contributed by atoms with E-state index < -0.39 is 0 Å². The first-order valence-electron chi connectivity index (χ1n) is 6.84. The Labute approximate surface area is 109 Å². The van der Waals surface area contributed by atoms with Crippen LogP contribution in [0.2, 0.25) is 0 Å². The molecule has 1 aromatic rings. The number of aliphatic hydroxyl groups is 1. The van der Waals surface area contributed by atoms with E-state index in [9.17, 15) is 5.11 Å². The van der Waals surface area contributed by atoms with E-state index in [0.29, 0.717) is 5.92 Å². The fraction of sp³-hybridized carbons (Fsp3) is 0.786. The summed E-state index contributed by atoms with van der Waals surface area (Å²) >= 11 is 0. The molecule has 4 nitrogen and oxygen atoms in total. The molecule has 2 heterocycles. The third kappa shape index (κ3) is 2.93. The van der Waals surface area contributed by atoms with Crippen molar-refractivity contribution >= 4 is 0 Å². The highest BCUT2D eigenvalue weighted by Gasteiger charge is 2.22. The van der Waals surface area contributed by atoms with Crippen molar-refractivity contribution in [3.8, 4) is 0 Å². The SMILES string of the molecule is Cc1nn(C)c(C)c1CCC(O)C1CCOCC1. The Morgan fingerprint density at radius 2 is 2.06 bits per heavy atom. The molecule has 0 spiro atoms. The van der Waals surface area contributed by atoms with Gasteiger partial charge in [-0.05, 0) is 51.0 Å². The lowest BCUT2D eigenvalue weighted by Crippen LogP contribution is -2.27. The second-order valence-electron chi connectivity index (χ2n) is 5.33. The Balaban J connectivity index is 1.90. The van der Waals surface area contributed by atoms with Gasteiger partial charge in [-0.25, -0.2) is 0 Å². The lowest BCUT2D eigenvalue weighted by molar-refractivity contribution is 0.00513. The van der Waals surface area contributed by atoms with E-state index in [1.54, 1.807) is 0 Å². The number of hydrogen-bond donors (Lipinski definition) is 1. The van der Waals surface area contributed by atoms with Gasteiger partial charge in [0.15, 0.2) is 0 Å². The fourth-order valence-electron chi connectivity index (χ4n) is 2.81. The van der Waals surface area contributed by atoms with E-state index in [1.807, 2.05) is 18.7 Å². The molecule has 0 aliphatic carbocycles. The summed E-state index contributed by atoms with van der Waals surface area (Å²) in [6.45, 7) is 5.73. The van der Waals surface area contributed by atoms with Gasteiger partial charge in [0, 0.05) is 26.0 Å². The Bertz CT molecular complexity index is 395. The molecule has 0 radical (unpaired) electrons. The van der Waals surface area contributed by atoms with Crippen LogP contribution in [0.4, 0.5) is 0 Å². The van der Waals surface area contributed by atoms with Crippen LogP contribution in [0.1, 0.15) is 36.2 Å². The van der Waals surface area contributed by atoms with Crippen LogP contribution < -0.4 is 0 Å². The minimum absolute atomic E-state index is 0.201. The molecule has 0 saturated carbocycles. The van der Waals surface area contributed by atoms with Crippen molar-refractivity contribution in [2.45, 2.75) is 45.6 Å². The average molecular weight is 252 g/mol. The van der Waals surface area contributed by atoms with E-state index in [-0.39, 0.29) is 6.10 Å². The molecule has 1 aromatic heterocycles. The maximum absolute atomic E-state index is 10.2. The number of ether oxygens (including phenoxy) is 1. The first-order valence-corrected chi connectivity index (χ1v) is 6.84. The Kier molecular flexibility index (Phi) is 4.40. The standard InChI is InChI=1S/C14H24N2O2/c1-10-13(11(2)16(3)15-10)4-5-14(17)12-6-8-18-9-7-12/h12,14,17H,4-9H2,1-3H3. The topological polar surface area (TPSA) is 47.3 Å². The molecule has 1 atom stereocenters. The number of hydrogen-bond acceptors (Lipinski definition) is 3. The monoisotopic (exact) mass is 252 g/mol. The van der Waals surface area contributed by atoms with Gasteiger partial charge in [0.05, 0.1) is 11.8 Å². The highest BCUT2D eigenvalue weighted by atomic mass is 16.5. The summed E-state index contributed by atoms with van der Waals surface area (Å²) in [5.74, 6) is 0.413. The van der Waals surface area contributed by atoms with Crippen molar-refractivity contribution in [1.29, 1.82) is 0 Å². The zero-order valence-electron chi connectivity index (χ0n) is 11.6. The van der Waals surface area contributed by atoms with Crippen molar-refractivity contribution in [2.75, 3.05) is 13.2 Å². The zero-order chi connectivity index (χ0) is 13.1. The van der Waals surface area contributed by atoms with Gasteiger partial charge < -0.3 is 9.84 Å². The molecule has 1 aliphatic rings. The number of aryl methyl sites for hydroxylation is 2. The molecule has 1 N–H and O–H groups in total. The predicted molar refractivity (Wildman–Crippen MR) is 70.6 cm³/mol. The minimum Gasteiger partial charge on any atom is -0.393 e. The Morgan fingerprint density at radius 1 is 1.39 bits per heavy atom. The van der Waals surface area contributed by atoms with Gasteiger partial charge in [-0.1, -0.05) is 0 Å². The molecule has 1 aliphatic heterocycles. The van der Waals surface area contributed by atoms with Crippen LogP contribution in [-0.4, -0.2) is 34.2 Å². The Morgan fingerprint density at radius 3 is 2.61 bits per heavy atom. The number of aromatic nitrogens is 2. The Hall–Kier alpha value is -0.870. The summed E-state index contributed by atoms with van der Waals surface area (Å²) in [4.78, 5) is 0. The summed E-state index contributed by atoms with van der Waals surface area (Å²) in [6, 6.07) is 0. The lowest BCUT2D eigenvalue weighted by atomic mass is 9.90. The van der Waals surface area contributed by atoms with Crippen LogP contribution in [0.15, 0.2) is 0 Å². The maximum atomic E-state index is 10.2. The van der Waals surface area contributed by atoms with Crippen LogP contribution in [0.3, 0.4) is 0 Å². The molecule has 0 aromatic carbocycles. The summed E-state index contributed by atoms with van der Waals surface area (Å²) in [7, 11) is 1.97. The molecule has 0 amide bonds. The van der Waals surface area contributed by atoms with Crippen LogP contribution in [0, 0.1) is 19.8 Å². The molecule has 18 heavy (non-hydrogen) atoms. The molecule has 1 saturated heterocycles. The number of nitrogens with zero attached hydrogens (tertiary/aromatic N) is 2. The van der Waals surface area contributed by atoms with Gasteiger partial charge in [0.1, 0.15) is 0 Å². The number of aliphatic hydroxyl groups excluding tert-OH is 1. The van der Waals surface area contributed by atoms with Crippen LogP contribution in [-0.2, 0) is 18.2 Å². The van der Waals surface area contributed by atoms with E-state index in [4.69, 9.17) is 4.74 Å². The van der Waals surface area contributed by atoms with E-state index in [0.717, 1.165) is 44.6 Å². The smallest absolute Gasteiger partial charge is 0.0628 e. The largest absolute Gasteiger partial charge is 0.393 e. The number of rotatable bonds is 4. The van der Waals surface area contributed by atoms with Gasteiger partial charge in [0.25, 0.3) is 0 Å². The molecule has 102 valence electrons. The van der Waals surface area contributed by atoms with Crippen LogP contribution in [0.5, 0.6) is 0 Å². The summed E-state index contributed by atoms with van der Waals surface area (Å²) < 4.78 is 7.25. The summed E-state index contributed by atoms with van der Waals surface area (Å²) in [6.07, 6.45) is 3.54. The van der Waals surface area contributed by atoms with Crippen molar-refractivity contribution in [2.24, 2.45) is 13.0 Å². The van der Waals surface area contributed by atoms with Gasteiger partial charge in [-0.3, -0.25) is 4.68 Å². The summed E-state index contributed by atoms with van der Waals surface area (Å²) in [5.41, 5.74) is 3.60. The lowest BCUT2D eigenvalue weighted by Gasteiger charge is -2.26. The average Bonchev–Trinajstić information content (AvgIpc) is 2.62. The molecule has 2 rings (SSSR count). The highest BCUT2D eigenvalue weighted by molar-refractivity contribution is 5.24. The molecule has 1 fully saturated rings. The molecular formula is C14H24N2O2. The predicted octanol–water partition coefficient (Wildman–Crippen LogP) is 1.76. The fourth-order valence-corrected chi connectivity index (χ4v) is 2.81. The van der Waals surface area contributed by atoms with Crippen molar-refractivity contribution in [3.05, 3.63) is 17.0 Å². The van der Waals surface area contributed by atoms with Gasteiger partial charge in [-0.2, -0.15) is 5.10 Å². The molecular weight excluding hydrogens is 228 g/mol. The second kappa shape index (κ2) is 5.85. The van der Waals surface area contributed by atoms with Gasteiger partial charge >= 0.3 is 0 Å². The van der Waals surface area contributed by atoms with E-state index in [2.05, 4.69) is 12.0 Å². The highest BCUT2D eigenvalue weighted by Crippen LogP contribution is 2.23. The van der Waals surface area contributed by atoms with E-state index >= 15 is 0 Å². The van der Waals surface area contributed by atoms with Crippen molar-refractivity contribution in [3.63, 3.8) is 0 Å². The van der Waals surface area contributed by atoms with Gasteiger partial charge in [0.2, 0.25) is 0 Å². The van der Waals surface area contributed by atoms with Crippen molar-refractivity contribution in [1.82, 2.24) is 9.78 Å². The van der Waals surface area contributed by atoms with Crippen LogP contribution in [0.25, 0.3) is 0 Å². The third-order valence-electron chi connectivity index (χ3n) is 4.16. The van der Waals surface area contributed by atoms with Crippen molar-refractivity contribution < 1.29 is 9.84 Å². The first kappa shape index (κ1) is 13.6. The normalized spacial score (nSPS) is 19.1. The van der Waals surface area contributed by atoms with E-state index in [1.165, 1.54) is 11.3 Å². The quantitative estimate of drug-likeness (QED) is 0.888. The second-order valence-corrected chi connectivity index (χ2v) is 5.33. The molecule has 0 bridgehead atoms.